The molecule has 6 N–H and O–H groups in total. The first kappa shape index (κ1) is 38.4. The monoisotopic (exact) mass is 679 g/mol. The van der Waals surface area contributed by atoms with E-state index in [4.69, 9.17) is 15.4 Å². The van der Waals surface area contributed by atoms with Gasteiger partial charge in [0.05, 0.1) is 24.4 Å². The van der Waals surface area contributed by atoms with Crippen molar-refractivity contribution in [2.45, 2.75) is 108 Å². The zero-order valence-electron chi connectivity index (χ0n) is 30.8. The molecule has 49 heavy (non-hydrogen) atoms. The maximum absolute atomic E-state index is 11.5. The molecule has 0 radical (unpaired) electrons. The Morgan fingerprint density at radius 1 is 0.694 bits per heavy atom. The van der Waals surface area contributed by atoms with Crippen molar-refractivity contribution in [1.82, 2.24) is 15.9 Å². The summed E-state index contributed by atoms with van der Waals surface area (Å²) in [6.45, 7) is 9.15. The van der Waals surface area contributed by atoms with Crippen LogP contribution in [0.25, 0.3) is 0 Å². The van der Waals surface area contributed by atoms with Crippen molar-refractivity contribution < 1.29 is 19.9 Å². The molecular formula is C41H66N4O4. The van der Waals surface area contributed by atoms with Gasteiger partial charge in [-0.25, -0.2) is 11.0 Å². The molecule has 4 saturated carbocycles. The standard InChI is InChI=1S/C21H34N2O2.C20H32N2O2/c1-20-11-9-18(17-7-5-4-6-8-17)15-21(20,24)12-10-19(20)16-22-25-14-13-23(2)3;1-19-10-8-17(16-6-3-2-4-7-16)14-20(19,23)11-9-18(19)15-22-24-13-5-12-21/h4-8,18-19,22,24H,9-16H2,1-3H3;2-4,6-7,17-18,22-23H,5,8-15,21H2,1H3/t18-,19+,20+,21-;17-,18+,19+,20-/m00/s1. The number of aliphatic hydroxyl groups is 2. The molecule has 8 nitrogen and oxygen atoms in total. The molecule has 8 heteroatoms. The molecule has 2 aromatic carbocycles. The molecule has 6 rings (SSSR count). The third-order valence-corrected chi connectivity index (χ3v) is 13.4. The van der Waals surface area contributed by atoms with Gasteiger partial charge in [-0.1, -0.05) is 74.5 Å². The Kier molecular flexibility index (Phi) is 13.4. The lowest BCUT2D eigenvalue weighted by atomic mass is 9.59. The maximum Gasteiger partial charge on any atom is 0.0809 e. The number of hydrogen-bond donors (Lipinski definition) is 5. The topological polar surface area (TPSA) is 112 Å². The van der Waals surface area contributed by atoms with Crippen LogP contribution in [0.2, 0.25) is 0 Å². The van der Waals surface area contributed by atoms with Gasteiger partial charge < -0.3 is 30.5 Å². The second kappa shape index (κ2) is 17.1. The fraction of sp³-hybridized carbons (Fsp3) is 0.707. The van der Waals surface area contributed by atoms with Crippen molar-refractivity contribution in [3.8, 4) is 0 Å². The summed E-state index contributed by atoms with van der Waals surface area (Å²) in [5, 5.41) is 22.9. The van der Waals surface area contributed by atoms with E-state index >= 15 is 0 Å². The van der Waals surface area contributed by atoms with E-state index in [9.17, 15) is 10.2 Å². The third kappa shape index (κ3) is 8.78. The summed E-state index contributed by atoms with van der Waals surface area (Å²) in [5.41, 5.74) is 13.4. The SMILES string of the molecule is CN(C)CCONC[C@H]1CC[C@]2(O)C[C@@H](c3ccccc3)CC[C@]12C.C[C@]12CC[C@H](c3ccccc3)C[C@@]1(O)CC[C@@H]2CNOCCCN. The Labute approximate surface area is 296 Å². The normalized spacial score (nSPS) is 35.4. The molecule has 0 amide bonds. The molecule has 0 bridgehead atoms. The average molecular weight is 679 g/mol. The summed E-state index contributed by atoms with van der Waals surface area (Å²) in [5.74, 6) is 1.92. The summed E-state index contributed by atoms with van der Waals surface area (Å²) in [7, 11) is 4.10. The van der Waals surface area contributed by atoms with E-state index in [1.807, 2.05) is 14.1 Å². The lowest BCUT2D eigenvalue weighted by molar-refractivity contribution is -0.109. The molecule has 0 aliphatic heterocycles. The second-order valence-corrected chi connectivity index (χ2v) is 16.4. The molecule has 0 unspecified atom stereocenters. The van der Waals surface area contributed by atoms with E-state index < -0.39 is 11.2 Å². The molecule has 274 valence electrons. The lowest BCUT2D eigenvalue weighted by Crippen LogP contribution is -2.50. The van der Waals surface area contributed by atoms with Crippen molar-refractivity contribution in [1.29, 1.82) is 0 Å². The molecule has 4 aliphatic carbocycles. The summed E-state index contributed by atoms with van der Waals surface area (Å²) in [6.07, 6.45) is 11.1. The van der Waals surface area contributed by atoms with Crippen molar-refractivity contribution in [3.05, 3.63) is 71.8 Å². The zero-order valence-corrected chi connectivity index (χ0v) is 30.8. The highest BCUT2D eigenvalue weighted by atomic mass is 16.6. The number of likely N-dealkylation sites (N-methyl/N-ethyl adjacent to an activating group) is 1. The summed E-state index contributed by atoms with van der Waals surface area (Å²) < 4.78 is 0. The number of fused-ring (bicyclic) bond motifs is 2. The van der Waals surface area contributed by atoms with Crippen LogP contribution >= 0.6 is 0 Å². The molecule has 8 atom stereocenters. The second-order valence-electron chi connectivity index (χ2n) is 16.4. The van der Waals surface area contributed by atoms with Crippen LogP contribution in [0.1, 0.15) is 107 Å². The van der Waals surface area contributed by atoms with Gasteiger partial charge in [-0.3, -0.25) is 0 Å². The fourth-order valence-corrected chi connectivity index (χ4v) is 9.83. The Balaban J connectivity index is 0.000000191. The van der Waals surface area contributed by atoms with Gasteiger partial charge in [0.15, 0.2) is 0 Å². The van der Waals surface area contributed by atoms with E-state index in [0.717, 1.165) is 83.8 Å². The van der Waals surface area contributed by atoms with Crippen molar-refractivity contribution in [2.75, 3.05) is 53.5 Å². The highest BCUT2D eigenvalue weighted by Gasteiger charge is 2.59. The number of benzene rings is 2. The number of rotatable bonds is 14. The van der Waals surface area contributed by atoms with Crippen LogP contribution in [0.5, 0.6) is 0 Å². The molecular weight excluding hydrogens is 612 g/mol. The van der Waals surface area contributed by atoms with Crippen molar-refractivity contribution >= 4 is 0 Å². The number of hydroxylamine groups is 2. The van der Waals surface area contributed by atoms with E-state index in [0.29, 0.717) is 43.4 Å². The fourth-order valence-electron chi connectivity index (χ4n) is 9.83. The molecule has 4 aliphatic rings. The Bertz CT molecular complexity index is 1270. The van der Waals surface area contributed by atoms with Gasteiger partial charge in [0.25, 0.3) is 0 Å². The first-order valence-electron chi connectivity index (χ1n) is 19.1. The van der Waals surface area contributed by atoms with Gasteiger partial charge in [0.2, 0.25) is 0 Å². The molecule has 0 saturated heterocycles. The van der Waals surface area contributed by atoms with Crippen LogP contribution < -0.4 is 16.7 Å². The third-order valence-electron chi connectivity index (χ3n) is 13.4. The van der Waals surface area contributed by atoms with Gasteiger partial charge in [-0.15, -0.1) is 0 Å². The Morgan fingerprint density at radius 2 is 1.14 bits per heavy atom. The average Bonchev–Trinajstić information content (AvgIpc) is 3.52. The summed E-state index contributed by atoms with van der Waals surface area (Å²) in [4.78, 5) is 13.2. The van der Waals surface area contributed by atoms with Gasteiger partial charge in [-0.2, -0.15) is 0 Å². The first-order valence-corrected chi connectivity index (χ1v) is 19.1. The van der Waals surface area contributed by atoms with E-state index in [1.165, 1.54) is 17.5 Å². The van der Waals surface area contributed by atoms with Crippen LogP contribution in [0, 0.1) is 22.7 Å². The van der Waals surface area contributed by atoms with Crippen LogP contribution in [0.15, 0.2) is 60.7 Å². The number of hydrogen-bond acceptors (Lipinski definition) is 8. The minimum absolute atomic E-state index is 0.00378. The van der Waals surface area contributed by atoms with Gasteiger partial charge >= 0.3 is 0 Å². The van der Waals surface area contributed by atoms with Crippen LogP contribution in [0.4, 0.5) is 0 Å². The van der Waals surface area contributed by atoms with Gasteiger partial charge in [-0.05, 0) is 126 Å². The highest BCUT2D eigenvalue weighted by Crippen LogP contribution is 2.61. The zero-order chi connectivity index (χ0) is 35.0. The Morgan fingerprint density at radius 3 is 1.57 bits per heavy atom. The molecule has 0 heterocycles. The first-order chi connectivity index (χ1) is 23.5. The lowest BCUT2D eigenvalue weighted by Gasteiger charge is -2.49. The van der Waals surface area contributed by atoms with Crippen LogP contribution in [0.3, 0.4) is 0 Å². The Hall–Kier alpha value is -1.88. The number of nitrogens with one attached hydrogen (secondary N) is 2. The van der Waals surface area contributed by atoms with Gasteiger partial charge in [0, 0.05) is 30.5 Å². The quantitative estimate of drug-likeness (QED) is 0.119. The highest BCUT2D eigenvalue weighted by molar-refractivity contribution is 5.25. The van der Waals surface area contributed by atoms with Crippen LogP contribution in [-0.2, 0) is 9.68 Å². The minimum atomic E-state index is -0.546. The summed E-state index contributed by atoms with van der Waals surface area (Å²) in [6, 6.07) is 21.4. The minimum Gasteiger partial charge on any atom is -0.389 e. The molecule has 2 aromatic rings. The predicted molar refractivity (Wildman–Crippen MR) is 198 cm³/mol. The number of nitrogens with two attached hydrogens (primary N) is 1. The van der Waals surface area contributed by atoms with E-state index in [2.05, 4.69) is 90.4 Å². The van der Waals surface area contributed by atoms with Crippen molar-refractivity contribution in [2.24, 2.45) is 28.4 Å². The largest absolute Gasteiger partial charge is 0.389 e. The van der Waals surface area contributed by atoms with Crippen molar-refractivity contribution in [3.63, 3.8) is 0 Å². The van der Waals surface area contributed by atoms with Gasteiger partial charge in [0.1, 0.15) is 0 Å². The van der Waals surface area contributed by atoms with E-state index in [1.54, 1.807) is 0 Å². The summed E-state index contributed by atoms with van der Waals surface area (Å²) >= 11 is 0. The smallest absolute Gasteiger partial charge is 0.0809 e. The van der Waals surface area contributed by atoms with E-state index in [-0.39, 0.29) is 10.8 Å². The number of nitrogens with zero attached hydrogens (tertiary/aromatic N) is 1. The molecule has 4 fully saturated rings. The molecule has 0 spiro atoms. The predicted octanol–water partition coefficient (Wildman–Crippen LogP) is 6.16. The van der Waals surface area contributed by atoms with Crippen LogP contribution in [-0.4, -0.2) is 79.8 Å². The maximum atomic E-state index is 11.5. The molecule has 0 aromatic heterocycles.